The normalized spacial score (nSPS) is 22.5. The molecule has 0 saturated carbocycles. The summed E-state index contributed by atoms with van der Waals surface area (Å²) in [5, 5.41) is 0. The Bertz CT molecular complexity index is 279. The average Bonchev–Trinajstić information content (AvgIpc) is 2.67. The number of nitrogens with two attached hydrogens (primary N) is 1. The molecular weight excluding hydrogens is 180 g/mol. The number of aromatic nitrogens is 1. The molecule has 4 nitrogen and oxygen atoms in total. The maximum Gasteiger partial charge on any atom is 0.194 e. The fourth-order valence-corrected chi connectivity index (χ4v) is 1.75. The van der Waals surface area contributed by atoms with Gasteiger partial charge in [-0.2, -0.15) is 0 Å². The van der Waals surface area contributed by atoms with Crippen molar-refractivity contribution in [2.24, 2.45) is 11.7 Å². The summed E-state index contributed by atoms with van der Waals surface area (Å²) in [6, 6.07) is 0. The van der Waals surface area contributed by atoms with E-state index in [4.69, 9.17) is 14.9 Å². The van der Waals surface area contributed by atoms with Crippen LogP contribution in [0.1, 0.15) is 24.4 Å². The molecule has 1 fully saturated rings. The molecule has 78 valence electrons. The van der Waals surface area contributed by atoms with E-state index in [0.717, 1.165) is 37.6 Å². The van der Waals surface area contributed by atoms with Crippen molar-refractivity contribution in [2.45, 2.75) is 25.8 Å². The van der Waals surface area contributed by atoms with Crippen molar-refractivity contribution in [1.82, 2.24) is 4.98 Å². The first-order valence-electron chi connectivity index (χ1n) is 5.09. The van der Waals surface area contributed by atoms with Crippen LogP contribution in [0.15, 0.2) is 10.7 Å². The topological polar surface area (TPSA) is 61.3 Å². The molecule has 1 atom stereocenters. The third kappa shape index (κ3) is 2.33. The highest BCUT2D eigenvalue weighted by molar-refractivity contribution is 4.96. The van der Waals surface area contributed by atoms with Gasteiger partial charge >= 0.3 is 0 Å². The minimum absolute atomic E-state index is 0.449. The van der Waals surface area contributed by atoms with Gasteiger partial charge in [-0.3, -0.25) is 0 Å². The van der Waals surface area contributed by atoms with Crippen LogP contribution in [0.2, 0.25) is 0 Å². The van der Waals surface area contributed by atoms with Gasteiger partial charge in [0.2, 0.25) is 0 Å². The first-order valence-corrected chi connectivity index (χ1v) is 5.09. The molecule has 0 aliphatic carbocycles. The largest absolute Gasteiger partial charge is 0.449 e. The highest BCUT2D eigenvalue weighted by Gasteiger charge is 2.16. The third-order valence-electron chi connectivity index (χ3n) is 2.53. The average molecular weight is 196 g/mol. The zero-order valence-electron chi connectivity index (χ0n) is 8.24. The molecule has 1 aromatic rings. The van der Waals surface area contributed by atoms with Gasteiger partial charge in [0.25, 0.3) is 0 Å². The molecule has 0 bridgehead atoms. The molecule has 2 N–H and O–H groups in total. The molecule has 1 aliphatic rings. The van der Waals surface area contributed by atoms with Crippen LogP contribution in [-0.2, 0) is 17.7 Å². The Hall–Kier alpha value is -0.870. The van der Waals surface area contributed by atoms with Crippen molar-refractivity contribution >= 4 is 0 Å². The van der Waals surface area contributed by atoms with Gasteiger partial charge in [-0.15, -0.1) is 0 Å². The van der Waals surface area contributed by atoms with E-state index < -0.39 is 0 Å². The van der Waals surface area contributed by atoms with Gasteiger partial charge in [0.1, 0.15) is 6.26 Å². The second kappa shape index (κ2) is 4.57. The monoisotopic (exact) mass is 196 g/mol. The van der Waals surface area contributed by atoms with Crippen LogP contribution in [0.4, 0.5) is 0 Å². The molecule has 0 aromatic carbocycles. The molecule has 2 rings (SSSR count). The summed E-state index contributed by atoms with van der Waals surface area (Å²) >= 11 is 0. The van der Waals surface area contributed by atoms with Crippen molar-refractivity contribution in [3.8, 4) is 0 Å². The summed E-state index contributed by atoms with van der Waals surface area (Å²) in [6.07, 6.45) is 4.87. The fourth-order valence-electron chi connectivity index (χ4n) is 1.75. The van der Waals surface area contributed by atoms with E-state index in [2.05, 4.69) is 4.98 Å². The minimum Gasteiger partial charge on any atom is -0.449 e. The Morgan fingerprint density at radius 3 is 3.14 bits per heavy atom. The van der Waals surface area contributed by atoms with Crippen molar-refractivity contribution in [2.75, 3.05) is 13.2 Å². The molecule has 1 unspecified atom stereocenters. The number of ether oxygens (including phenoxy) is 1. The lowest BCUT2D eigenvalue weighted by atomic mass is 9.99. The zero-order valence-corrected chi connectivity index (χ0v) is 8.24. The van der Waals surface area contributed by atoms with Crippen molar-refractivity contribution in [1.29, 1.82) is 0 Å². The molecule has 1 aromatic heterocycles. The van der Waals surface area contributed by atoms with E-state index >= 15 is 0 Å². The van der Waals surface area contributed by atoms with Crippen molar-refractivity contribution in [3.05, 3.63) is 17.8 Å². The summed E-state index contributed by atoms with van der Waals surface area (Å²) in [5.41, 5.74) is 6.28. The van der Waals surface area contributed by atoms with Gasteiger partial charge < -0.3 is 14.9 Å². The summed E-state index contributed by atoms with van der Waals surface area (Å²) in [5.74, 6) is 1.36. The predicted octanol–water partition coefficient (Wildman–Crippen LogP) is 1.10. The molecule has 2 heterocycles. The second-order valence-electron chi connectivity index (χ2n) is 3.72. The Morgan fingerprint density at radius 1 is 1.57 bits per heavy atom. The van der Waals surface area contributed by atoms with Gasteiger partial charge in [-0.1, -0.05) is 0 Å². The van der Waals surface area contributed by atoms with Crippen molar-refractivity contribution < 1.29 is 9.15 Å². The second-order valence-corrected chi connectivity index (χ2v) is 3.72. The van der Waals surface area contributed by atoms with Gasteiger partial charge in [0.15, 0.2) is 5.89 Å². The fraction of sp³-hybridized carbons (Fsp3) is 0.700. The van der Waals surface area contributed by atoms with Gasteiger partial charge in [-0.05, 0) is 18.8 Å². The molecule has 1 aliphatic heterocycles. The SMILES string of the molecule is NCc1coc(CC2CCCOC2)n1. The lowest BCUT2D eigenvalue weighted by molar-refractivity contribution is 0.0526. The zero-order chi connectivity index (χ0) is 9.80. The van der Waals surface area contributed by atoms with Gasteiger partial charge in [-0.25, -0.2) is 4.98 Å². The number of hydrogen-bond donors (Lipinski definition) is 1. The molecular formula is C10H16N2O2. The Morgan fingerprint density at radius 2 is 2.50 bits per heavy atom. The standard InChI is InChI=1S/C10H16N2O2/c11-5-9-7-14-10(12-9)4-8-2-1-3-13-6-8/h7-8H,1-6,11H2. The number of oxazole rings is 1. The van der Waals surface area contributed by atoms with E-state index in [-0.39, 0.29) is 0 Å². The van der Waals surface area contributed by atoms with Crippen LogP contribution in [0, 0.1) is 5.92 Å². The minimum atomic E-state index is 0.449. The van der Waals surface area contributed by atoms with Gasteiger partial charge in [0, 0.05) is 26.2 Å². The lowest BCUT2D eigenvalue weighted by Crippen LogP contribution is -2.19. The number of nitrogens with zero attached hydrogens (tertiary/aromatic N) is 1. The van der Waals surface area contributed by atoms with Crippen molar-refractivity contribution in [3.63, 3.8) is 0 Å². The Kier molecular flexibility index (Phi) is 3.16. The van der Waals surface area contributed by atoms with E-state index in [1.165, 1.54) is 6.42 Å². The smallest absolute Gasteiger partial charge is 0.194 e. The predicted molar refractivity (Wildman–Crippen MR) is 51.6 cm³/mol. The summed E-state index contributed by atoms with van der Waals surface area (Å²) < 4.78 is 10.7. The van der Waals surface area contributed by atoms with Crippen LogP contribution in [-0.4, -0.2) is 18.2 Å². The molecule has 14 heavy (non-hydrogen) atoms. The maximum atomic E-state index is 5.45. The number of hydrogen-bond acceptors (Lipinski definition) is 4. The van der Waals surface area contributed by atoms with Crippen LogP contribution >= 0.6 is 0 Å². The Balaban J connectivity index is 1.89. The number of rotatable bonds is 3. The molecule has 0 spiro atoms. The highest BCUT2D eigenvalue weighted by atomic mass is 16.5. The van der Waals surface area contributed by atoms with E-state index in [1.807, 2.05) is 0 Å². The quantitative estimate of drug-likeness (QED) is 0.786. The molecule has 0 radical (unpaired) electrons. The van der Waals surface area contributed by atoms with Crippen LogP contribution < -0.4 is 5.73 Å². The summed E-state index contributed by atoms with van der Waals surface area (Å²) in [4.78, 5) is 4.28. The highest BCUT2D eigenvalue weighted by Crippen LogP contribution is 2.18. The van der Waals surface area contributed by atoms with E-state index in [1.54, 1.807) is 6.26 Å². The lowest BCUT2D eigenvalue weighted by Gasteiger charge is -2.20. The maximum absolute atomic E-state index is 5.45. The third-order valence-corrected chi connectivity index (χ3v) is 2.53. The first kappa shape index (κ1) is 9.68. The first-order chi connectivity index (χ1) is 6.88. The van der Waals surface area contributed by atoms with E-state index in [9.17, 15) is 0 Å². The van der Waals surface area contributed by atoms with Crippen LogP contribution in [0.5, 0.6) is 0 Å². The molecule has 4 heteroatoms. The van der Waals surface area contributed by atoms with Gasteiger partial charge in [0.05, 0.1) is 5.69 Å². The Labute approximate surface area is 83.4 Å². The van der Waals surface area contributed by atoms with E-state index in [0.29, 0.717) is 12.5 Å². The van der Waals surface area contributed by atoms with Crippen LogP contribution in [0.3, 0.4) is 0 Å². The summed E-state index contributed by atoms with van der Waals surface area (Å²) in [7, 11) is 0. The summed E-state index contributed by atoms with van der Waals surface area (Å²) in [6.45, 7) is 2.18. The molecule has 0 amide bonds. The molecule has 1 saturated heterocycles. The van der Waals surface area contributed by atoms with Crippen LogP contribution in [0.25, 0.3) is 0 Å².